The topological polar surface area (TPSA) is 81.4 Å². The predicted molar refractivity (Wildman–Crippen MR) is 80.1 cm³/mol. The molecule has 0 radical (unpaired) electrons. The molecule has 0 aliphatic rings. The number of hydrogen-bond donors (Lipinski definition) is 2. The lowest BCUT2D eigenvalue weighted by Gasteiger charge is -2.15. The average Bonchev–Trinajstić information content (AvgIpc) is 2.50. The van der Waals surface area contributed by atoms with Crippen LogP contribution in [0.3, 0.4) is 0 Å². The Morgan fingerprint density at radius 2 is 1.68 bits per heavy atom. The minimum Gasteiger partial charge on any atom is -0.481 e. The van der Waals surface area contributed by atoms with Crippen molar-refractivity contribution in [2.45, 2.75) is 13.0 Å². The molecule has 2 rings (SSSR count). The third-order valence-electron chi connectivity index (χ3n) is 2.93. The Labute approximate surface area is 126 Å². The average molecular weight is 302 g/mol. The minimum absolute atomic E-state index is 0.357. The van der Waals surface area contributed by atoms with Gasteiger partial charge in [0.1, 0.15) is 11.6 Å². The fourth-order valence-corrected chi connectivity index (χ4v) is 1.73. The first-order valence-corrected chi connectivity index (χ1v) is 6.58. The highest BCUT2D eigenvalue weighted by Gasteiger charge is 2.15. The molecule has 6 heteroatoms. The summed E-state index contributed by atoms with van der Waals surface area (Å²) in [6, 6.07) is 11.6. The van der Waals surface area contributed by atoms with Crippen molar-refractivity contribution in [3.63, 3.8) is 0 Å². The van der Waals surface area contributed by atoms with E-state index in [1.807, 2.05) is 0 Å². The Morgan fingerprint density at radius 3 is 2.23 bits per heavy atom. The number of rotatable bonds is 5. The van der Waals surface area contributed by atoms with Crippen molar-refractivity contribution in [3.05, 3.63) is 59.9 Å². The van der Waals surface area contributed by atoms with Gasteiger partial charge in [-0.3, -0.25) is 9.59 Å². The molecule has 2 aromatic rings. The van der Waals surface area contributed by atoms with Crippen LogP contribution >= 0.6 is 0 Å². The Balaban J connectivity index is 1.95. The molecular formula is C16H15FN2O3. The second kappa shape index (κ2) is 6.71. The quantitative estimate of drug-likeness (QED) is 0.889. The number of ether oxygens (including phenoxy) is 1. The molecule has 0 unspecified atom stereocenters. The summed E-state index contributed by atoms with van der Waals surface area (Å²) < 4.78 is 18.3. The molecule has 2 aromatic carbocycles. The second-order valence-corrected chi connectivity index (χ2v) is 4.64. The van der Waals surface area contributed by atoms with Crippen molar-refractivity contribution >= 4 is 17.5 Å². The van der Waals surface area contributed by atoms with E-state index in [9.17, 15) is 14.0 Å². The molecule has 0 heterocycles. The van der Waals surface area contributed by atoms with E-state index in [4.69, 9.17) is 10.5 Å². The number of amides is 2. The predicted octanol–water partition coefficient (Wildman–Crippen LogP) is 2.33. The van der Waals surface area contributed by atoms with E-state index in [0.29, 0.717) is 17.0 Å². The van der Waals surface area contributed by atoms with E-state index in [2.05, 4.69) is 5.32 Å². The number of carbonyl (C=O) groups excluding carboxylic acids is 2. The lowest BCUT2D eigenvalue weighted by molar-refractivity contribution is -0.122. The molecule has 0 saturated heterocycles. The van der Waals surface area contributed by atoms with E-state index in [1.165, 1.54) is 36.4 Å². The van der Waals surface area contributed by atoms with Gasteiger partial charge in [-0.25, -0.2) is 4.39 Å². The first-order chi connectivity index (χ1) is 10.5. The molecule has 0 fully saturated rings. The summed E-state index contributed by atoms with van der Waals surface area (Å²) in [5.74, 6) is -0.845. The smallest absolute Gasteiger partial charge is 0.265 e. The molecule has 1 atom stereocenters. The highest BCUT2D eigenvalue weighted by molar-refractivity contribution is 5.94. The normalized spacial score (nSPS) is 11.5. The van der Waals surface area contributed by atoms with Gasteiger partial charge < -0.3 is 15.8 Å². The zero-order valence-corrected chi connectivity index (χ0v) is 11.9. The lowest BCUT2D eigenvalue weighted by atomic mass is 10.2. The van der Waals surface area contributed by atoms with Gasteiger partial charge in [0.2, 0.25) is 5.91 Å². The maximum absolute atomic E-state index is 12.8. The monoisotopic (exact) mass is 302 g/mol. The first-order valence-electron chi connectivity index (χ1n) is 6.58. The van der Waals surface area contributed by atoms with Gasteiger partial charge in [0.25, 0.3) is 5.91 Å². The summed E-state index contributed by atoms with van der Waals surface area (Å²) in [6.45, 7) is 1.58. The van der Waals surface area contributed by atoms with Crippen LogP contribution in [0.25, 0.3) is 0 Å². The number of nitrogens with two attached hydrogens (primary N) is 1. The Morgan fingerprint density at radius 1 is 1.09 bits per heavy atom. The van der Waals surface area contributed by atoms with E-state index in [0.717, 1.165) is 0 Å². The number of anilines is 1. The fraction of sp³-hybridized carbons (Fsp3) is 0.125. The summed E-state index contributed by atoms with van der Waals surface area (Å²) in [4.78, 5) is 22.9. The maximum Gasteiger partial charge on any atom is 0.265 e. The largest absolute Gasteiger partial charge is 0.481 e. The minimum atomic E-state index is -0.760. The third-order valence-corrected chi connectivity index (χ3v) is 2.93. The van der Waals surface area contributed by atoms with Crippen molar-refractivity contribution in [3.8, 4) is 5.75 Å². The van der Waals surface area contributed by atoms with Crippen molar-refractivity contribution in [1.29, 1.82) is 0 Å². The molecule has 0 aromatic heterocycles. The Bertz CT molecular complexity index is 669. The molecular weight excluding hydrogens is 287 g/mol. The van der Waals surface area contributed by atoms with Gasteiger partial charge in [-0.05, 0) is 55.5 Å². The highest BCUT2D eigenvalue weighted by atomic mass is 19.1. The third kappa shape index (κ3) is 4.05. The number of halogens is 1. The van der Waals surface area contributed by atoms with Crippen molar-refractivity contribution < 1.29 is 18.7 Å². The number of nitrogens with one attached hydrogen (secondary N) is 1. The van der Waals surface area contributed by atoms with Crippen LogP contribution in [0, 0.1) is 5.82 Å². The number of hydrogen-bond acceptors (Lipinski definition) is 3. The van der Waals surface area contributed by atoms with Crippen LogP contribution in [0.2, 0.25) is 0 Å². The van der Waals surface area contributed by atoms with Gasteiger partial charge in [0.05, 0.1) is 0 Å². The second-order valence-electron chi connectivity index (χ2n) is 4.64. The summed E-state index contributed by atoms with van der Waals surface area (Å²) in [5, 5.41) is 2.61. The molecule has 0 aliphatic carbocycles. The van der Waals surface area contributed by atoms with Crippen LogP contribution in [0.1, 0.15) is 17.3 Å². The molecule has 5 nitrogen and oxygen atoms in total. The zero-order valence-electron chi connectivity index (χ0n) is 11.9. The van der Waals surface area contributed by atoms with Crippen LogP contribution < -0.4 is 15.8 Å². The number of carbonyl (C=O) groups is 2. The van der Waals surface area contributed by atoms with E-state index in [1.54, 1.807) is 19.1 Å². The first kappa shape index (κ1) is 15.5. The Kier molecular flexibility index (Phi) is 4.73. The van der Waals surface area contributed by atoms with Gasteiger partial charge >= 0.3 is 0 Å². The molecule has 2 amide bonds. The summed E-state index contributed by atoms with van der Waals surface area (Å²) >= 11 is 0. The SMILES string of the molecule is C[C@H](Oc1ccc(C(N)=O)cc1)C(=O)Nc1ccc(F)cc1. The van der Waals surface area contributed by atoms with Crippen molar-refractivity contribution in [2.24, 2.45) is 5.73 Å². The molecule has 22 heavy (non-hydrogen) atoms. The molecule has 0 bridgehead atoms. The van der Waals surface area contributed by atoms with Gasteiger partial charge in [0.15, 0.2) is 6.10 Å². The zero-order chi connectivity index (χ0) is 16.1. The van der Waals surface area contributed by atoms with Crippen LogP contribution in [-0.2, 0) is 4.79 Å². The van der Waals surface area contributed by atoms with E-state index < -0.39 is 12.0 Å². The fourth-order valence-electron chi connectivity index (χ4n) is 1.73. The lowest BCUT2D eigenvalue weighted by Crippen LogP contribution is -2.30. The van der Waals surface area contributed by atoms with E-state index >= 15 is 0 Å². The van der Waals surface area contributed by atoms with Crippen LogP contribution in [0.15, 0.2) is 48.5 Å². The molecule has 114 valence electrons. The maximum atomic E-state index is 12.8. The van der Waals surface area contributed by atoms with E-state index in [-0.39, 0.29) is 11.7 Å². The van der Waals surface area contributed by atoms with Gasteiger partial charge in [0, 0.05) is 11.3 Å². The standard InChI is InChI=1S/C16H15FN2O3/c1-10(16(21)19-13-6-4-12(17)5-7-13)22-14-8-2-11(3-9-14)15(18)20/h2-10H,1H3,(H2,18,20)(H,19,21)/t10-/m0/s1. The molecule has 0 spiro atoms. The van der Waals surface area contributed by atoms with Crippen LogP contribution in [0.5, 0.6) is 5.75 Å². The van der Waals surface area contributed by atoms with Gasteiger partial charge in [-0.1, -0.05) is 0 Å². The summed E-state index contributed by atoms with van der Waals surface area (Å²) in [5.41, 5.74) is 5.97. The number of benzene rings is 2. The Hall–Kier alpha value is -2.89. The molecule has 0 saturated carbocycles. The highest BCUT2D eigenvalue weighted by Crippen LogP contribution is 2.15. The molecule has 3 N–H and O–H groups in total. The molecule has 0 aliphatic heterocycles. The summed E-state index contributed by atoms with van der Waals surface area (Å²) in [7, 11) is 0. The van der Waals surface area contributed by atoms with Crippen LogP contribution in [0.4, 0.5) is 10.1 Å². The van der Waals surface area contributed by atoms with Gasteiger partial charge in [-0.15, -0.1) is 0 Å². The van der Waals surface area contributed by atoms with Crippen molar-refractivity contribution in [1.82, 2.24) is 0 Å². The summed E-state index contributed by atoms with van der Waals surface area (Å²) in [6.07, 6.45) is -0.760. The van der Waals surface area contributed by atoms with Crippen molar-refractivity contribution in [2.75, 3.05) is 5.32 Å². The number of primary amides is 1. The van der Waals surface area contributed by atoms with Crippen LogP contribution in [-0.4, -0.2) is 17.9 Å². The van der Waals surface area contributed by atoms with Gasteiger partial charge in [-0.2, -0.15) is 0 Å².